The molecule has 6 heteroatoms. The lowest BCUT2D eigenvalue weighted by Gasteiger charge is -2.19. The number of halogens is 4. The zero-order chi connectivity index (χ0) is 14.7. The van der Waals surface area contributed by atoms with Gasteiger partial charge in [-0.2, -0.15) is 0 Å². The second kappa shape index (κ2) is 7.61. The Balaban J connectivity index is 2.43. The van der Waals surface area contributed by atoms with E-state index in [1.165, 1.54) is 4.88 Å². The fraction of sp³-hybridized carbons (Fsp3) is 0.286. The van der Waals surface area contributed by atoms with Crippen molar-refractivity contribution in [3.05, 3.63) is 53.0 Å². The first kappa shape index (κ1) is 16.8. The van der Waals surface area contributed by atoms with Crippen molar-refractivity contribution in [3.8, 4) is 0 Å². The van der Waals surface area contributed by atoms with Gasteiger partial charge in [-0.25, -0.2) is 0 Å². The molecule has 0 spiro atoms. The molecular weight excluding hydrogens is 445 g/mol. The van der Waals surface area contributed by atoms with E-state index in [9.17, 15) is 0 Å². The third-order valence-electron chi connectivity index (χ3n) is 2.82. The highest BCUT2D eigenvalue weighted by atomic mass is 79.9. The Morgan fingerprint density at radius 1 is 1.25 bits per heavy atom. The van der Waals surface area contributed by atoms with Gasteiger partial charge < -0.3 is 5.32 Å². The fourth-order valence-corrected chi connectivity index (χ4v) is 4.39. The topological polar surface area (TPSA) is 12.0 Å². The van der Waals surface area contributed by atoms with Gasteiger partial charge >= 0.3 is 0 Å². The molecule has 1 aromatic heterocycles. The van der Waals surface area contributed by atoms with E-state index < -0.39 is 0 Å². The maximum Gasteiger partial charge on any atom is 0.0888 e. The lowest BCUT2D eigenvalue weighted by atomic mass is 10.1. The minimum atomic E-state index is 0.0804. The van der Waals surface area contributed by atoms with E-state index >= 15 is 0 Å². The summed E-state index contributed by atoms with van der Waals surface area (Å²) < 4.78 is 1.99. The van der Waals surface area contributed by atoms with Crippen LogP contribution in [0.5, 0.6) is 0 Å². The van der Waals surface area contributed by atoms with Gasteiger partial charge in [0.15, 0.2) is 0 Å². The number of thiophene rings is 1. The van der Waals surface area contributed by atoms with Crippen LogP contribution in [0.3, 0.4) is 0 Å². The molecule has 1 heterocycles. The van der Waals surface area contributed by atoms with Crippen LogP contribution in [0.15, 0.2) is 32.5 Å². The van der Waals surface area contributed by atoms with Crippen LogP contribution in [0, 0.1) is 0 Å². The molecule has 2 rings (SSSR count). The molecule has 0 radical (unpaired) electrons. The Hall–Kier alpha value is 0.420. The molecule has 1 N–H and O–H groups in total. The normalized spacial score (nSPS) is 12.7. The number of nitrogens with one attached hydrogen (secondary N) is 1. The first-order chi connectivity index (χ1) is 9.52. The van der Waals surface area contributed by atoms with Crippen LogP contribution < -0.4 is 5.32 Å². The Bertz CT molecular complexity index is 581. The molecule has 20 heavy (non-hydrogen) atoms. The molecular formula is C14H13Br2Cl2NS. The van der Waals surface area contributed by atoms with Crippen molar-refractivity contribution in [1.29, 1.82) is 0 Å². The van der Waals surface area contributed by atoms with E-state index in [1.807, 2.05) is 24.3 Å². The highest BCUT2D eigenvalue weighted by Crippen LogP contribution is 2.39. The standard InChI is InChI=1S/C14H13Br2Cl2NS/c1-2-5-19-13(12-7-11(18)14(16)20-12)9-6-8(17)3-4-10(9)15/h3-4,6-7,13,19H,2,5H2,1H3. The predicted octanol–water partition coefficient (Wildman–Crippen LogP) is 6.67. The molecule has 0 amide bonds. The van der Waals surface area contributed by atoms with Crippen LogP contribution in [0.4, 0.5) is 0 Å². The maximum atomic E-state index is 6.16. The molecule has 1 unspecified atom stereocenters. The van der Waals surface area contributed by atoms with Crippen molar-refractivity contribution in [2.45, 2.75) is 19.4 Å². The van der Waals surface area contributed by atoms with Crippen molar-refractivity contribution in [2.24, 2.45) is 0 Å². The van der Waals surface area contributed by atoms with Gasteiger partial charge in [0.2, 0.25) is 0 Å². The largest absolute Gasteiger partial charge is 0.306 e. The van der Waals surface area contributed by atoms with Gasteiger partial charge in [0.1, 0.15) is 0 Å². The van der Waals surface area contributed by atoms with Crippen molar-refractivity contribution >= 4 is 66.4 Å². The highest BCUT2D eigenvalue weighted by molar-refractivity contribution is 9.11. The fourth-order valence-electron chi connectivity index (χ4n) is 1.89. The Morgan fingerprint density at radius 2 is 2.00 bits per heavy atom. The molecule has 1 aromatic carbocycles. The van der Waals surface area contributed by atoms with Crippen LogP contribution >= 0.6 is 66.4 Å². The molecule has 1 nitrogen and oxygen atoms in total. The Labute approximate surface area is 149 Å². The Kier molecular flexibility index (Phi) is 6.39. The summed E-state index contributed by atoms with van der Waals surface area (Å²) in [6.07, 6.45) is 1.06. The van der Waals surface area contributed by atoms with E-state index in [2.05, 4.69) is 44.1 Å². The summed E-state index contributed by atoms with van der Waals surface area (Å²) in [5.74, 6) is 0. The number of hydrogen-bond acceptors (Lipinski definition) is 2. The van der Waals surface area contributed by atoms with E-state index in [1.54, 1.807) is 11.3 Å². The molecule has 0 aliphatic rings. The van der Waals surface area contributed by atoms with Gasteiger partial charge in [-0.1, -0.05) is 46.1 Å². The molecule has 0 bridgehead atoms. The average Bonchev–Trinajstić information content (AvgIpc) is 2.74. The van der Waals surface area contributed by atoms with Crippen LogP contribution in [0.25, 0.3) is 0 Å². The zero-order valence-electron chi connectivity index (χ0n) is 10.7. The van der Waals surface area contributed by atoms with Crippen molar-refractivity contribution in [1.82, 2.24) is 5.32 Å². The molecule has 2 aromatic rings. The average molecular weight is 458 g/mol. The molecule has 0 aliphatic carbocycles. The molecule has 1 atom stereocenters. The third-order valence-corrected chi connectivity index (χ3v) is 6.31. The van der Waals surface area contributed by atoms with Crippen molar-refractivity contribution in [2.75, 3.05) is 6.54 Å². The second-order valence-electron chi connectivity index (χ2n) is 4.32. The molecule has 0 aliphatic heterocycles. The third kappa shape index (κ3) is 3.99. The first-order valence-corrected chi connectivity index (χ1v) is 9.31. The zero-order valence-corrected chi connectivity index (χ0v) is 16.2. The first-order valence-electron chi connectivity index (χ1n) is 6.16. The highest BCUT2D eigenvalue weighted by Gasteiger charge is 2.20. The summed E-state index contributed by atoms with van der Waals surface area (Å²) >= 11 is 21.0. The van der Waals surface area contributed by atoms with Gasteiger partial charge in [-0.15, -0.1) is 11.3 Å². The molecule has 0 fully saturated rings. The quantitative estimate of drug-likeness (QED) is 0.528. The molecule has 0 saturated heterocycles. The van der Waals surface area contributed by atoms with Gasteiger partial charge in [0, 0.05) is 14.4 Å². The summed E-state index contributed by atoms with van der Waals surface area (Å²) in [6, 6.07) is 7.92. The predicted molar refractivity (Wildman–Crippen MR) is 96.3 cm³/mol. The summed E-state index contributed by atoms with van der Waals surface area (Å²) in [7, 11) is 0. The van der Waals surface area contributed by atoms with Crippen LogP contribution in [0.1, 0.15) is 29.8 Å². The van der Waals surface area contributed by atoms with Gasteiger partial charge in [0.25, 0.3) is 0 Å². The van der Waals surface area contributed by atoms with Crippen LogP contribution in [-0.4, -0.2) is 6.54 Å². The monoisotopic (exact) mass is 455 g/mol. The van der Waals surface area contributed by atoms with Gasteiger partial charge in [0.05, 0.1) is 14.9 Å². The number of hydrogen-bond donors (Lipinski definition) is 1. The summed E-state index contributed by atoms with van der Waals surface area (Å²) in [5, 5.41) is 5.02. The van der Waals surface area contributed by atoms with Crippen molar-refractivity contribution < 1.29 is 0 Å². The van der Waals surface area contributed by atoms with Crippen LogP contribution in [0.2, 0.25) is 10.0 Å². The van der Waals surface area contributed by atoms with Gasteiger partial charge in [-0.05, 0) is 58.7 Å². The Morgan fingerprint density at radius 3 is 2.60 bits per heavy atom. The van der Waals surface area contributed by atoms with Crippen LogP contribution in [-0.2, 0) is 0 Å². The SMILES string of the molecule is CCCNC(c1cc(Cl)c(Br)s1)c1cc(Cl)ccc1Br. The maximum absolute atomic E-state index is 6.16. The van der Waals surface area contributed by atoms with E-state index in [0.717, 1.165) is 36.8 Å². The van der Waals surface area contributed by atoms with Crippen molar-refractivity contribution in [3.63, 3.8) is 0 Å². The lowest BCUT2D eigenvalue weighted by molar-refractivity contribution is 0.604. The lowest BCUT2D eigenvalue weighted by Crippen LogP contribution is -2.22. The number of benzene rings is 1. The van der Waals surface area contributed by atoms with E-state index in [0.29, 0.717) is 0 Å². The smallest absolute Gasteiger partial charge is 0.0888 e. The summed E-state index contributed by atoms with van der Waals surface area (Å²) in [4.78, 5) is 1.17. The van der Waals surface area contributed by atoms with E-state index in [-0.39, 0.29) is 6.04 Å². The summed E-state index contributed by atoms with van der Waals surface area (Å²) in [5.41, 5.74) is 1.12. The number of rotatable bonds is 5. The minimum absolute atomic E-state index is 0.0804. The van der Waals surface area contributed by atoms with Gasteiger partial charge in [-0.3, -0.25) is 0 Å². The summed E-state index contributed by atoms with van der Waals surface area (Å²) in [6.45, 7) is 3.07. The minimum Gasteiger partial charge on any atom is -0.306 e. The molecule has 108 valence electrons. The molecule has 0 saturated carbocycles. The van der Waals surface area contributed by atoms with E-state index in [4.69, 9.17) is 23.2 Å². The second-order valence-corrected chi connectivity index (χ2v) is 8.42.